The zero-order chi connectivity index (χ0) is 18.4. The van der Waals surface area contributed by atoms with Gasteiger partial charge in [-0.05, 0) is 67.8 Å². The van der Waals surface area contributed by atoms with E-state index >= 15 is 0 Å². The fourth-order valence-corrected chi connectivity index (χ4v) is 4.47. The van der Waals surface area contributed by atoms with Gasteiger partial charge in [-0.15, -0.1) is 0 Å². The molecule has 7 heteroatoms. The van der Waals surface area contributed by atoms with E-state index in [9.17, 15) is 17.6 Å². The summed E-state index contributed by atoms with van der Waals surface area (Å²) >= 11 is 0. The van der Waals surface area contributed by atoms with E-state index in [-0.39, 0.29) is 17.8 Å². The number of halogens is 1. The number of benzene rings is 2. The van der Waals surface area contributed by atoms with Crippen LogP contribution in [0, 0.1) is 12.7 Å². The summed E-state index contributed by atoms with van der Waals surface area (Å²) in [4.78, 5) is 12.5. The second-order valence-electron chi connectivity index (χ2n) is 6.37. The van der Waals surface area contributed by atoms with E-state index in [4.69, 9.17) is 0 Å². The normalized spacial score (nSPS) is 16.6. The molecule has 0 spiro atoms. The number of carbonyl (C=O) groups excluding carboxylic acids is 1. The Kier molecular flexibility index (Phi) is 4.28. The van der Waals surface area contributed by atoms with Gasteiger partial charge in [0.1, 0.15) is 5.82 Å². The monoisotopic (exact) mass is 362 g/mol. The van der Waals surface area contributed by atoms with Gasteiger partial charge in [0.2, 0.25) is 10.0 Å². The maximum Gasteiger partial charge on any atom is 0.255 e. The average molecular weight is 362 g/mol. The molecule has 0 saturated carbocycles. The van der Waals surface area contributed by atoms with Gasteiger partial charge in [0.25, 0.3) is 5.91 Å². The Balaban J connectivity index is 1.88. The summed E-state index contributed by atoms with van der Waals surface area (Å²) in [5.41, 5.74) is 3.04. The third-order valence-corrected chi connectivity index (χ3v) is 5.56. The van der Waals surface area contributed by atoms with Crippen LogP contribution in [0.3, 0.4) is 0 Å². The Hall–Kier alpha value is -2.41. The first-order chi connectivity index (χ1) is 11.7. The van der Waals surface area contributed by atoms with Gasteiger partial charge in [-0.2, -0.15) is 0 Å². The van der Waals surface area contributed by atoms with Crippen LogP contribution in [0.1, 0.15) is 28.4 Å². The molecule has 0 bridgehead atoms. The lowest BCUT2D eigenvalue weighted by Crippen LogP contribution is -2.34. The molecule has 1 aliphatic rings. The lowest BCUT2D eigenvalue weighted by Gasteiger charge is -2.21. The van der Waals surface area contributed by atoms with Crippen molar-refractivity contribution in [1.29, 1.82) is 0 Å². The molecule has 1 unspecified atom stereocenters. The highest BCUT2D eigenvalue weighted by molar-refractivity contribution is 7.92. The molecule has 5 nitrogen and oxygen atoms in total. The van der Waals surface area contributed by atoms with Crippen LogP contribution in [0.5, 0.6) is 0 Å². The van der Waals surface area contributed by atoms with Crippen LogP contribution < -0.4 is 9.62 Å². The Morgan fingerprint density at radius 2 is 1.96 bits per heavy atom. The van der Waals surface area contributed by atoms with Crippen LogP contribution in [-0.2, 0) is 16.4 Å². The van der Waals surface area contributed by atoms with Crippen molar-refractivity contribution in [3.63, 3.8) is 0 Å². The number of aryl methyl sites for hydroxylation is 1. The van der Waals surface area contributed by atoms with Crippen LogP contribution in [0.25, 0.3) is 0 Å². The van der Waals surface area contributed by atoms with Crippen molar-refractivity contribution in [2.45, 2.75) is 26.3 Å². The van der Waals surface area contributed by atoms with Gasteiger partial charge in [0, 0.05) is 17.3 Å². The first-order valence-electron chi connectivity index (χ1n) is 7.86. The number of hydrogen-bond acceptors (Lipinski definition) is 3. The molecule has 1 N–H and O–H groups in total. The molecular formula is C18H19FN2O3S. The molecule has 1 aliphatic heterocycles. The highest BCUT2D eigenvalue weighted by Crippen LogP contribution is 2.34. The SMILES string of the molecule is Cc1cc(F)ccc1NC(=O)c1ccc2c(c1)CC(C)N2S(C)(=O)=O. The number of hydrogen-bond donors (Lipinski definition) is 1. The van der Waals surface area contributed by atoms with Gasteiger partial charge < -0.3 is 5.32 Å². The van der Waals surface area contributed by atoms with Crippen molar-refractivity contribution in [3.05, 3.63) is 58.9 Å². The van der Waals surface area contributed by atoms with Gasteiger partial charge in [-0.25, -0.2) is 12.8 Å². The second kappa shape index (κ2) is 6.15. The second-order valence-corrected chi connectivity index (χ2v) is 8.23. The fraction of sp³-hybridized carbons (Fsp3) is 0.278. The third-order valence-electron chi connectivity index (χ3n) is 4.29. The summed E-state index contributed by atoms with van der Waals surface area (Å²) < 4.78 is 38.4. The molecule has 1 atom stereocenters. The zero-order valence-electron chi connectivity index (χ0n) is 14.2. The van der Waals surface area contributed by atoms with Crippen molar-refractivity contribution in [3.8, 4) is 0 Å². The third kappa shape index (κ3) is 3.37. The van der Waals surface area contributed by atoms with Crippen LogP contribution >= 0.6 is 0 Å². The number of carbonyl (C=O) groups is 1. The van der Waals surface area contributed by atoms with Crippen molar-refractivity contribution in [2.24, 2.45) is 0 Å². The summed E-state index contributed by atoms with van der Waals surface area (Å²) in [6.45, 7) is 3.55. The molecule has 25 heavy (non-hydrogen) atoms. The maximum atomic E-state index is 13.2. The number of fused-ring (bicyclic) bond motifs is 1. The van der Waals surface area contributed by atoms with Gasteiger partial charge in [0.15, 0.2) is 0 Å². The number of rotatable bonds is 3. The zero-order valence-corrected chi connectivity index (χ0v) is 15.0. The van der Waals surface area contributed by atoms with Gasteiger partial charge >= 0.3 is 0 Å². The quantitative estimate of drug-likeness (QED) is 0.912. The molecule has 0 aliphatic carbocycles. The smallest absolute Gasteiger partial charge is 0.255 e. The van der Waals surface area contributed by atoms with Gasteiger partial charge in [-0.1, -0.05) is 0 Å². The highest BCUT2D eigenvalue weighted by Gasteiger charge is 2.32. The number of amides is 1. The van der Waals surface area contributed by atoms with Gasteiger partial charge in [-0.3, -0.25) is 9.10 Å². The van der Waals surface area contributed by atoms with E-state index in [0.29, 0.717) is 28.9 Å². The molecule has 0 aromatic heterocycles. The van der Waals surface area contributed by atoms with Gasteiger partial charge in [0.05, 0.1) is 11.9 Å². The van der Waals surface area contributed by atoms with Crippen LogP contribution in [-0.4, -0.2) is 26.6 Å². The first kappa shape index (κ1) is 17.4. The van der Waals surface area contributed by atoms with E-state index in [0.717, 1.165) is 5.56 Å². The minimum atomic E-state index is -3.36. The summed E-state index contributed by atoms with van der Waals surface area (Å²) in [6.07, 6.45) is 1.73. The van der Waals surface area contributed by atoms with E-state index in [1.807, 2.05) is 6.92 Å². The van der Waals surface area contributed by atoms with Crippen LogP contribution in [0.4, 0.5) is 15.8 Å². The molecule has 0 fully saturated rings. The Morgan fingerprint density at radius 3 is 2.60 bits per heavy atom. The summed E-state index contributed by atoms with van der Waals surface area (Å²) in [6, 6.07) is 8.95. The van der Waals surface area contributed by atoms with Crippen LogP contribution in [0.15, 0.2) is 36.4 Å². The minimum Gasteiger partial charge on any atom is -0.322 e. The number of anilines is 2. The molecule has 2 aromatic rings. The predicted molar refractivity (Wildman–Crippen MR) is 96.0 cm³/mol. The number of nitrogens with zero attached hydrogens (tertiary/aromatic N) is 1. The summed E-state index contributed by atoms with van der Waals surface area (Å²) in [5, 5.41) is 2.76. The average Bonchev–Trinajstić information content (AvgIpc) is 2.84. The van der Waals surface area contributed by atoms with Crippen molar-refractivity contribution in [1.82, 2.24) is 0 Å². The lowest BCUT2D eigenvalue weighted by molar-refractivity contribution is 0.102. The molecule has 1 heterocycles. The molecule has 132 valence electrons. The predicted octanol–water partition coefficient (Wildman–Crippen LogP) is 3.10. The Labute approximate surface area is 146 Å². The lowest BCUT2D eigenvalue weighted by atomic mass is 10.1. The van der Waals surface area contributed by atoms with E-state index in [1.54, 1.807) is 25.1 Å². The summed E-state index contributed by atoms with van der Waals surface area (Å²) in [7, 11) is -3.36. The van der Waals surface area contributed by atoms with Crippen molar-refractivity contribution in [2.75, 3.05) is 15.9 Å². The molecule has 0 radical (unpaired) electrons. The Bertz CT molecular complexity index is 957. The topological polar surface area (TPSA) is 66.5 Å². The molecule has 0 saturated heterocycles. The number of sulfonamides is 1. The highest BCUT2D eigenvalue weighted by atomic mass is 32.2. The Morgan fingerprint density at radius 1 is 1.24 bits per heavy atom. The minimum absolute atomic E-state index is 0.178. The van der Waals surface area contributed by atoms with E-state index in [1.165, 1.54) is 28.8 Å². The van der Waals surface area contributed by atoms with Crippen molar-refractivity contribution < 1.29 is 17.6 Å². The number of nitrogens with one attached hydrogen (secondary N) is 1. The molecule has 3 rings (SSSR count). The molecule has 1 amide bonds. The van der Waals surface area contributed by atoms with E-state index < -0.39 is 10.0 Å². The maximum absolute atomic E-state index is 13.2. The van der Waals surface area contributed by atoms with E-state index in [2.05, 4.69) is 5.32 Å². The van der Waals surface area contributed by atoms with Crippen LogP contribution in [0.2, 0.25) is 0 Å². The molecular weight excluding hydrogens is 343 g/mol. The first-order valence-corrected chi connectivity index (χ1v) is 9.71. The standard InChI is InChI=1S/C18H19FN2O3S/c1-11-8-15(19)5-6-16(11)20-18(22)13-4-7-17-14(10-13)9-12(2)21(17)25(3,23)24/h4-8,10,12H,9H2,1-3H3,(H,20,22). The largest absolute Gasteiger partial charge is 0.322 e. The fourth-order valence-electron chi connectivity index (χ4n) is 3.21. The molecule has 2 aromatic carbocycles. The van der Waals surface area contributed by atoms with Crippen molar-refractivity contribution >= 4 is 27.3 Å². The summed E-state index contributed by atoms with van der Waals surface area (Å²) in [5.74, 6) is -0.675.